The summed E-state index contributed by atoms with van der Waals surface area (Å²) in [5, 5.41) is 0. The number of nitrogens with zero attached hydrogens (tertiary/aromatic N) is 1. The lowest BCUT2D eigenvalue weighted by Gasteiger charge is -2.31. The minimum absolute atomic E-state index is 0.0868. The van der Waals surface area contributed by atoms with Gasteiger partial charge in [0.25, 0.3) is 0 Å². The van der Waals surface area contributed by atoms with Crippen LogP contribution in [0.3, 0.4) is 0 Å². The third kappa shape index (κ3) is 2.04. The van der Waals surface area contributed by atoms with E-state index in [1.54, 1.807) is 0 Å². The van der Waals surface area contributed by atoms with Crippen LogP contribution in [-0.4, -0.2) is 30.2 Å². The molecule has 6 atom stereocenters. The van der Waals surface area contributed by atoms with Gasteiger partial charge in [-0.25, -0.2) is 11.4 Å². The molecule has 1 saturated heterocycles. The normalized spacial score (nSPS) is 40.6. The minimum Gasteiger partial charge on any atom is -0.462 e. The summed E-state index contributed by atoms with van der Waals surface area (Å²) in [6.45, 7) is 13.0. The van der Waals surface area contributed by atoms with E-state index in [1.165, 1.54) is 0 Å². The molecule has 0 aromatic carbocycles. The topological polar surface area (TPSA) is 57.0 Å². The number of esters is 2. The van der Waals surface area contributed by atoms with Gasteiger partial charge in [0.1, 0.15) is 12.2 Å². The summed E-state index contributed by atoms with van der Waals surface area (Å²) in [6, 6.07) is -0.703. The van der Waals surface area contributed by atoms with E-state index in [2.05, 4.69) is 4.85 Å². The largest absolute Gasteiger partial charge is 0.462 e. The molecule has 114 valence electrons. The fourth-order valence-electron chi connectivity index (χ4n) is 3.97. The number of ether oxygens (including phenoxy) is 2. The highest BCUT2D eigenvalue weighted by molar-refractivity contribution is 5.81. The highest BCUT2D eigenvalue weighted by Crippen LogP contribution is 2.55. The van der Waals surface area contributed by atoms with Crippen LogP contribution in [0.25, 0.3) is 4.85 Å². The van der Waals surface area contributed by atoms with Crippen molar-refractivity contribution in [1.82, 2.24) is 0 Å². The van der Waals surface area contributed by atoms with E-state index >= 15 is 0 Å². The lowest BCUT2D eigenvalue weighted by Crippen LogP contribution is -2.40. The lowest BCUT2D eigenvalue weighted by molar-refractivity contribution is -0.165. The molecular weight excluding hydrogens is 270 g/mol. The molecular formula is C16H21NO4. The fourth-order valence-corrected chi connectivity index (χ4v) is 3.97. The molecule has 1 heterocycles. The van der Waals surface area contributed by atoms with E-state index in [0.29, 0.717) is 0 Å². The molecule has 3 rings (SSSR count). The van der Waals surface area contributed by atoms with Crippen LogP contribution in [0.1, 0.15) is 40.0 Å². The summed E-state index contributed by atoms with van der Waals surface area (Å²) < 4.78 is 11.1. The molecule has 21 heavy (non-hydrogen) atoms. The number of rotatable bonds is 3. The zero-order valence-electron chi connectivity index (χ0n) is 12.7. The smallest absolute Gasteiger partial charge is 0.391 e. The third-order valence-electron chi connectivity index (χ3n) is 5.62. The fraction of sp³-hybridized carbons (Fsp3) is 0.812. The first kappa shape index (κ1) is 14.4. The van der Waals surface area contributed by atoms with Crippen molar-refractivity contribution in [2.24, 2.45) is 23.2 Å². The van der Waals surface area contributed by atoms with Gasteiger partial charge in [0.2, 0.25) is 0 Å². The molecule has 3 aliphatic rings. The van der Waals surface area contributed by atoms with Crippen molar-refractivity contribution in [2.75, 3.05) is 0 Å². The van der Waals surface area contributed by atoms with Gasteiger partial charge in [-0.1, -0.05) is 6.92 Å². The molecule has 0 amide bonds. The van der Waals surface area contributed by atoms with Crippen LogP contribution < -0.4 is 0 Å². The average Bonchev–Trinajstić information content (AvgIpc) is 3.07. The Morgan fingerprint density at radius 2 is 2.19 bits per heavy atom. The Morgan fingerprint density at radius 3 is 2.81 bits per heavy atom. The van der Waals surface area contributed by atoms with Crippen LogP contribution >= 0.6 is 0 Å². The lowest BCUT2D eigenvalue weighted by atomic mass is 9.81. The Hall–Kier alpha value is -1.57. The summed E-state index contributed by atoms with van der Waals surface area (Å²) in [5.74, 6) is -0.309. The van der Waals surface area contributed by atoms with Gasteiger partial charge in [0, 0.05) is 11.8 Å². The molecule has 3 fully saturated rings. The first-order valence-corrected chi connectivity index (χ1v) is 7.67. The first-order valence-electron chi connectivity index (χ1n) is 7.67. The van der Waals surface area contributed by atoms with E-state index in [4.69, 9.17) is 16.0 Å². The van der Waals surface area contributed by atoms with E-state index in [9.17, 15) is 9.59 Å². The molecule has 0 spiro atoms. The van der Waals surface area contributed by atoms with E-state index in [-0.39, 0.29) is 35.9 Å². The van der Waals surface area contributed by atoms with Crippen molar-refractivity contribution in [3.8, 4) is 0 Å². The molecule has 0 aromatic rings. The predicted molar refractivity (Wildman–Crippen MR) is 73.9 cm³/mol. The van der Waals surface area contributed by atoms with Crippen LogP contribution in [0.15, 0.2) is 0 Å². The first-order chi connectivity index (χ1) is 9.89. The van der Waals surface area contributed by atoms with Crippen molar-refractivity contribution in [3.05, 3.63) is 11.4 Å². The Kier molecular flexibility index (Phi) is 3.23. The molecule has 6 unspecified atom stereocenters. The number of fused-ring (bicyclic) bond motifs is 5. The van der Waals surface area contributed by atoms with Gasteiger partial charge >= 0.3 is 18.0 Å². The Balaban J connectivity index is 1.74. The molecule has 2 bridgehead atoms. The second-order valence-electron chi connectivity index (χ2n) is 7.13. The maximum Gasteiger partial charge on any atom is 0.391 e. The molecule has 1 aliphatic heterocycles. The number of carbonyl (C=O) groups is 2. The van der Waals surface area contributed by atoms with Crippen LogP contribution in [0, 0.1) is 29.7 Å². The molecule has 5 nitrogen and oxygen atoms in total. The van der Waals surface area contributed by atoms with Gasteiger partial charge in [-0.05, 0) is 33.1 Å². The Bertz CT molecular complexity index is 521. The second kappa shape index (κ2) is 4.72. The quantitative estimate of drug-likeness (QED) is 0.591. The molecule has 5 heteroatoms. The third-order valence-corrected chi connectivity index (χ3v) is 5.62. The van der Waals surface area contributed by atoms with Gasteiger partial charge in [0.15, 0.2) is 0 Å². The van der Waals surface area contributed by atoms with Crippen LogP contribution in [-0.2, 0) is 19.1 Å². The number of carbonyl (C=O) groups excluding carboxylic acids is 2. The summed E-state index contributed by atoms with van der Waals surface area (Å²) >= 11 is 0. The van der Waals surface area contributed by atoms with Gasteiger partial charge in [-0.15, -0.1) is 0 Å². The van der Waals surface area contributed by atoms with Crippen molar-refractivity contribution >= 4 is 11.9 Å². The van der Waals surface area contributed by atoms with E-state index in [0.717, 1.165) is 19.3 Å². The van der Waals surface area contributed by atoms with Gasteiger partial charge in [-0.3, -0.25) is 4.79 Å². The van der Waals surface area contributed by atoms with Gasteiger partial charge in [0.05, 0.1) is 11.3 Å². The van der Waals surface area contributed by atoms with Crippen LogP contribution in [0.5, 0.6) is 0 Å². The summed E-state index contributed by atoms with van der Waals surface area (Å²) in [4.78, 5) is 27.4. The second-order valence-corrected chi connectivity index (χ2v) is 7.13. The number of hydrogen-bond acceptors (Lipinski definition) is 4. The van der Waals surface area contributed by atoms with Crippen molar-refractivity contribution in [2.45, 2.75) is 58.3 Å². The maximum atomic E-state index is 12.3. The Labute approximate surface area is 124 Å². The highest BCUT2D eigenvalue weighted by atomic mass is 16.6. The summed E-state index contributed by atoms with van der Waals surface area (Å²) in [5.41, 5.74) is -0.484. The molecule has 0 N–H and O–H groups in total. The molecule has 0 radical (unpaired) electrons. The standard InChI is InChI=1S/C16H21NO4/c1-5-16(2,3)15(19)20-10-7-8-6-9(10)11-12(17-4)14(18)21-13(8)11/h8-13H,5-7H2,1-3H3. The maximum absolute atomic E-state index is 12.3. The summed E-state index contributed by atoms with van der Waals surface area (Å²) in [6.07, 6.45) is 2.10. The predicted octanol–water partition coefficient (Wildman–Crippen LogP) is 2.20. The van der Waals surface area contributed by atoms with Crippen LogP contribution in [0.2, 0.25) is 0 Å². The number of hydrogen-bond donors (Lipinski definition) is 0. The SMILES string of the molecule is [C-]#[N+]C1C(=O)OC2C3CC(OC(=O)C(C)(C)CC)C(C3)C12. The van der Waals surface area contributed by atoms with Crippen molar-refractivity contribution in [1.29, 1.82) is 0 Å². The molecule has 0 aromatic heterocycles. The van der Waals surface area contributed by atoms with Crippen molar-refractivity contribution < 1.29 is 19.1 Å². The molecule has 2 saturated carbocycles. The van der Waals surface area contributed by atoms with E-state index < -0.39 is 17.4 Å². The van der Waals surface area contributed by atoms with Gasteiger partial charge < -0.3 is 14.3 Å². The average molecular weight is 291 g/mol. The summed E-state index contributed by atoms with van der Waals surface area (Å²) in [7, 11) is 0. The van der Waals surface area contributed by atoms with Crippen molar-refractivity contribution in [3.63, 3.8) is 0 Å². The Morgan fingerprint density at radius 1 is 1.48 bits per heavy atom. The van der Waals surface area contributed by atoms with Crippen LogP contribution in [0.4, 0.5) is 0 Å². The minimum atomic E-state index is -0.703. The van der Waals surface area contributed by atoms with Gasteiger partial charge in [-0.2, -0.15) is 0 Å². The zero-order chi connectivity index (χ0) is 15.4. The zero-order valence-corrected chi connectivity index (χ0v) is 12.7. The highest BCUT2D eigenvalue weighted by Gasteiger charge is 2.66. The molecule has 2 aliphatic carbocycles. The monoisotopic (exact) mass is 291 g/mol. The van der Waals surface area contributed by atoms with E-state index in [1.807, 2.05) is 20.8 Å².